The largest absolute Gasteiger partial charge is 0.494 e. The second-order valence-electron chi connectivity index (χ2n) is 7.70. The van der Waals surface area contributed by atoms with E-state index in [2.05, 4.69) is 32.2 Å². The van der Waals surface area contributed by atoms with E-state index in [0.717, 1.165) is 42.3 Å². The molecule has 0 radical (unpaired) electrons. The molecule has 0 spiro atoms. The number of aromatic nitrogens is 3. The monoisotopic (exact) mass is 428 g/mol. The summed E-state index contributed by atoms with van der Waals surface area (Å²) in [6.45, 7) is 5.39. The number of pyridine rings is 1. The van der Waals surface area contributed by atoms with Crippen LogP contribution in [-0.2, 0) is 6.54 Å². The van der Waals surface area contributed by atoms with E-state index in [1.807, 2.05) is 55.5 Å². The number of hydrogen-bond donors (Lipinski definition) is 0. The van der Waals surface area contributed by atoms with Crippen LogP contribution in [0.1, 0.15) is 12.5 Å². The van der Waals surface area contributed by atoms with Crippen molar-refractivity contribution in [3.63, 3.8) is 0 Å². The Balaban J connectivity index is 1.14. The van der Waals surface area contributed by atoms with Crippen LogP contribution in [0.4, 0.5) is 0 Å². The van der Waals surface area contributed by atoms with Gasteiger partial charge in [-0.1, -0.05) is 17.3 Å². The van der Waals surface area contributed by atoms with Gasteiger partial charge in [0.1, 0.15) is 17.6 Å². The second-order valence-corrected chi connectivity index (χ2v) is 7.70. The summed E-state index contributed by atoms with van der Waals surface area (Å²) >= 11 is 0. The summed E-state index contributed by atoms with van der Waals surface area (Å²) in [6.07, 6.45) is 3.59. The normalized spacial score (nSPS) is 14.2. The van der Waals surface area contributed by atoms with E-state index in [1.54, 1.807) is 12.4 Å². The maximum atomic E-state index is 6.11. The third-order valence-corrected chi connectivity index (χ3v) is 5.31. The summed E-state index contributed by atoms with van der Waals surface area (Å²) in [5, 5.41) is 4.09. The van der Waals surface area contributed by atoms with Crippen molar-refractivity contribution in [2.24, 2.45) is 0 Å². The summed E-state index contributed by atoms with van der Waals surface area (Å²) in [4.78, 5) is 10.8. The number of ether oxygens (including phenoxy) is 2. The lowest BCUT2D eigenvalue weighted by molar-refractivity contribution is 0.0145. The van der Waals surface area contributed by atoms with Crippen LogP contribution in [-0.4, -0.2) is 45.8 Å². The molecule has 1 aliphatic heterocycles. The predicted octanol–water partition coefficient (Wildman–Crippen LogP) is 4.46. The fourth-order valence-corrected chi connectivity index (χ4v) is 3.71. The Morgan fingerprint density at radius 3 is 2.56 bits per heavy atom. The van der Waals surface area contributed by atoms with Crippen molar-refractivity contribution in [1.82, 2.24) is 20.0 Å². The maximum Gasteiger partial charge on any atom is 0.258 e. The topological polar surface area (TPSA) is 73.5 Å². The fraction of sp³-hybridized carbons (Fsp3) is 0.240. The molecule has 0 unspecified atom stereocenters. The third-order valence-electron chi connectivity index (χ3n) is 5.31. The molecule has 0 N–H and O–H groups in total. The summed E-state index contributed by atoms with van der Waals surface area (Å²) < 4.78 is 17.1. The zero-order valence-corrected chi connectivity index (χ0v) is 17.8. The molecule has 0 atom stereocenters. The van der Waals surface area contributed by atoms with E-state index in [0.29, 0.717) is 18.3 Å². The molecule has 162 valence electrons. The molecule has 1 saturated heterocycles. The Morgan fingerprint density at radius 2 is 1.78 bits per heavy atom. The Hall–Kier alpha value is -3.71. The number of hydrogen-bond acceptors (Lipinski definition) is 7. The number of benzene rings is 2. The average Bonchev–Trinajstić information content (AvgIpc) is 3.30. The standard InChI is InChI=1S/C25H24N4O3/c1-2-30-22-5-3-4-18(14-22)15-29-16-23(17-29)31-21-8-6-19(7-9-21)24-27-25(32-28-24)20-10-12-26-13-11-20/h3-14,23H,2,15-17H2,1H3. The summed E-state index contributed by atoms with van der Waals surface area (Å²) in [5.41, 5.74) is 2.98. The molecule has 1 aliphatic rings. The highest BCUT2D eigenvalue weighted by Crippen LogP contribution is 2.26. The van der Waals surface area contributed by atoms with E-state index in [4.69, 9.17) is 14.0 Å². The highest BCUT2D eigenvalue weighted by molar-refractivity contribution is 5.60. The molecule has 0 amide bonds. The molecule has 32 heavy (non-hydrogen) atoms. The summed E-state index contributed by atoms with van der Waals surface area (Å²) in [7, 11) is 0. The van der Waals surface area contributed by atoms with Gasteiger partial charge in [0.05, 0.1) is 6.61 Å². The number of rotatable bonds is 8. The van der Waals surface area contributed by atoms with Gasteiger partial charge in [0.15, 0.2) is 0 Å². The van der Waals surface area contributed by atoms with Gasteiger partial charge in [-0.25, -0.2) is 0 Å². The Labute approximate surface area is 186 Å². The molecule has 2 aromatic carbocycles. The first kappa shape index (κ1) is 20.2. The predicted molar refractivity (Wildman–Crippen MR) is 120 cm³/mol. The summed E-state index contributed by atoms with van der Waals surface area (Å²) in [5.74, 6) is 2.79. The highest BCUT2D eigenvalue weighted by atomic mass is 16.5. The van der Waals surface area contributed by atoms with Crippen LogP contribution in [0.3, 0.4) is 0 Å². The van der Waals surface area contributed by atoms with E-state index in [1.165, 1.54) is 5.56 Å². The molecule has 7 heteroatoms. The number of likely N-dealkylation sites (tertiary alicyclic amines) is 1. The smallest absolute Gasteiger partial charge is 0.258 e. The van der Waals surface area contributed by atoms with Crippen molar-refractivity contribution in [3.8, 4) is 34.3 Å². The third kappa shape index (κ3) is 4.63. The Morgan fingerprint density at radius 1 is 0.969 bits per heavy atom. The van der Waals surface area contributed by atoms with Crippen LogP contribution >= 0.6 is 0 Å². The van der Waals surface area contributed by atoms with Crippen molar-refractivity contribution < 1.29 is 14.0 Å². The van der Waals surface area contributed by atoms with Crippen molar-refractivity contribution in [3.05, 3.63) is 78.6 Å². The van der Waals surface area contributed by atoms with Crippen LogP contribution < -0.4 is 9.47 Å². The molecule has 0 aliphatic carbocycles. The van der Waals surface area contributed by atoms with Crippen LogP contribution in [0.25, 0.3) is 22.8 Å². The molecule has 0 saturated carbocycles. The van der Waals surface area contributed by atoms with Gasteiger partial charge in [0.25, 0.3) is 5.89 Å². The molecular weight excluding hydrogens is 404 g/mol. The van der Waals surface area contributed by atoms with Crippen LogP contribution in [0, 0.1) is 0 Å². The van der Waals surface area contributed by atoms with Gasteiger partial charge in [-0.15, -0.1) is 0 Å². The minimum Gasteiger partial charge on any atom is -0.494 e. The lowest BCUT2D eigenvalue weighted by Crippen LogP contribution is -2.53. The average molecular weight is 428 g/mol. The fourth-order valence-electron chi connectivity index (χ4n) is 3.71. The van der Waals surface area contributed by atoms with E-state index in [9.17, 15) is 0 Å². The lowest BCUT2D eigenvalue weighted by atomic mass is 10.1. The Kier molecular flexibility index (Phi) is 5.81. The minimum atomic E-state index is 0.194. The van der Waals surface area contributed by atoms with Crippen molar-refractivity contribution in [1.29, 1.82) is 0 Å². The highest BCUT2D eigenvalue weighted by Gasteiger charge is 2.28. The van der Waals surface area contributed by atoms with E-state index in [-0.39, 0.29) is 6.10 Å². The molecular formula is C25H24N4O3. The first-order valence-electron chi connectivity index (χ1n) is 10.7. The van der Waals surface area contributed by atoms with Gasteiger partial charge in [-0.05, 0) is 61.0 Å². The Bertz CT molecular complexity index is 1160. The van der Waals surface area contributed by atoms with Gasteiger partial charge >= 0.3 is 0 Å². The first-order chi connectivity index (χ1) is 15.8. The maximum absolute atomic E-state index is 6.11. The zero-order chi connectivity index (χ0) is 21.8. The zero-order valence-electron chi connectivity index (χ0n) is 17.8. The van der Waals surface area contributed by atoms with Crippen LogP contribution in [0.2, 0.25) is 0 Å². The van der Waals surface area contributed by atoms with Crippen LogP contribution in [0.15, 0.2) is 77.6 Å². The van der Waals surface area contributed by atoms with Crippen molar-refractivity contribution in [2.45, 2.75) is 19.6 Å². The van der Waals surface area contributed by atoms with E-state index < -0.39 is 0 Å². The second kappa shape index (κ2) is 9.20. The SMILES string of the molecule is CCOc1cccc(CN2CC(Oc3ccc(-c4noc(-c5ccncc5)n4)cc3)C2)c1. The van der Waals surface area contributed by atoms with E-state index >= 15 is 0 Å². The molecule has 5 rings (SSSR count). The molecule has 2 aromatic heterocycles. The number of nitrogens with zero attached hydrogens (tertiary/aromatic N) is 4. The van der Waals surface area contributed by atoms with Gasteiger partial charge in [0.2, 0.25) is 5.82 Å². The molecule has 7 nitrogen and oxygen atoms in total. The minimum absolute atomic E-state index is 0.194. The van der Waals surface area contributed by atoms with Crippen molar-refractivity contribution in [2.75, 3.05) is 19.7 Å². The molecule has 1 fully saturated rings. The van der Waals surface area contributed by atoms with Gasteiger partial charge in [0, 0.05) is 43.2 Å². The first-order valence-corrected chi connectivity index (χ1v) is 10.7. The molecule has 3 heterocycles. The van der Waals surface area contributed by atoms with Gasteiger partial charge < -0.3 is 14.0 Å². The quantitative estimate of drug-likeness (QED) is 0.410. The molecule has 4 aromatic rings. The van der Waals surface area contributed by atoms with Crippen LogP contribution in [0.5, 0.6) is 11.5 Å². The van der Waals surface area contributed by atoms with Crippen molar-refractivity contribution >= 4 is 0 Å². The van der Waals surface area contributed by atoms with Gasteiger partial charge in [-0.3, -0.25) is 9.88 Å². The lowest BCUT2D eigenvalue weighted by Gasteiger charge is -2.39. The summed E-state index contributed by atoms with van der Waals surface area (Å²) in [6, 6.07) is 19.8. The van der Waals surface area contributed by atoms with Gasteiger partial charge in [-0.2, -0.15) is 4.98 Å². The molecule has 0 bridgehead atoms.